The monoisotopic (exact) mass is 508 g/mol. The molecule has 27 heavy (non-hydrogen) atoms. The van der Waals surface area contributed by atoms with E-state index in [4.69, 9.17) is 0 Å². The van der Waals surface area contributed by atoms with E-state index in [1.54, 1.807) is 0 Å². The molecule has 4 rings (SSSR count). The molecule has 0 saturated heterocycles. The zero-order chi connectivity index (χ0) is 17.6. The van der Waals surface area contributed by atoms with E-state index in [2.05, 4.69) is 111 Å². The molecule has 4 radical (unpaired) electrons. The van der Waals surface area contributed by atoms with Crippen molar-refractivity contribution in [3.63, 3.8) is 0 Å². The number of hydrogen-bond acceptors (Lipinski definition) is 0. The van der Waals surface area contributed by atoms with Crippen LogP contribution >= 0.6 is 24.8 Å². The van der Waals surface area contributed by atoms with Crippen molar-refractivity contribution in [3.05, 3.63) is 84.9 Å². The summed E-state index contributed by atoms with van der Waals surface area (Å²) in [5, 5.41) is 5.32. The molecule has 4 aromatic rings. The van der Waals surface area contributed by atoms with Crippen LogP contribution in [0.25, 0.3) is 21.5 Å². The third-order valence-corrected chi connectivity index (χ3v) is 3.10. The van der Waals surface area contributed by atoms with Gasteiger partial charge in [0.25, 0.3) is 0 Å². The molecule has 0 aliphatic heterocycles. The molecule has 0 aliphatic carbocycles. The number of fused-ring (bicyclic) bond motifs is 2. The van der Waals surface area contributed by atoms with Crippen molar-refractivity contribution in [2.45, 2.75) is 26.2 Å². The molecule has 0 atom stereocenters. The second-order valence-corrected chi connectivity index (χ2v) is 7.31. The molecule has 4 aromatic carbocycles. The first-order chi connectivity index (χ1) is 11.8. The van der Waals surface area contributed by atoms with Crippen LogP contribution in [0.15, 0.2) is 84.9 Å². The normalized spacial score (nSPS) is 8.15. The number of hydrogen-bond donors (Lipinski definition) is 0. The Labute approximate surface area is 201 Å². The number of halogens is 2. The predicted molar refractivity (Wildman–Crippen MR) is 129 cm³/mol. The van der Waals surface area contributed by atoms with E-state index in [9.17, 15) is 0 Å². The summed E-state index contributed by atoms with van der Waals surface area (Å²) in [6, 6.07) is 29.3. The Morgan fingerprint density at radius 2 is 0.852 bits per heavy atom. The molecule has 0 spiro atoms. The molecule has 0 N–H and O–H groups in total. The maximum atomic E-state index is 2.15. The van der Waals surface area contributed by atoms with Gasteiger partial charge in [-0.15, -0.1) is 84.1 Å². The quantitative estimate of drug-likeness (QED) is 0.169. The first-order valence-corrected chi connectivity index (χ1v) is 12.1. The molecule has 0 amide bonds. The molecule has 0 unspecified atom stereocenters. The van der Waals surface area contributed by atoms with Gasteiger partial charge in [-0.1, -0.05) is 38.3 Å². The third-order valence-electron chi connectivity index (χ3n) is 3.10. The second kappa shape index (κ2) is 20.3. The summed E-state index contributed by atoms with van der Waals surface area (Å²) in [6.45, 7) is 8.61. The minimum absolute atomic E-state index is 0. The average molecular weight is 511 g/mol. The SMILES string of the molecule is C[Si]C.C[Si]C.Cl.Cl.[Zr+2].c1ccc2[cH-]ccc2c1.c1ccc2[cH-]ccc2c1. The number of benzene rings is 2. The van der Waals surface area contributed by atoms with Gasteiger partial charge in [-0.05, 0) is 0 Å². The van der Waals surface area contributed by atoms with E-state index >= 15 is 0 Å². The van der Waals surface area contributed by atoms with Gasteiger partial charge in [0, 0.05) is 19.0 Å². The summed E-state index contributed by atoms with van der Waals surface area (Å²) < 4.78 is 0. The second-order valence-electron chi connectivity index (χ2n) is 5.31. The molecular weight excluding hydrogens is 483 g/mol. The zero-order valence-electron chi connectivity index (χ0n) is 16.4. The molecular formula is C22H28Cl2Si2Zr. The molecule has 142 valence electrons. The van der Waals surface area contributed by atoms with E-state index in [-0.39, 0.29) is 51.0 Å². The van der Waals surface area contributed by atoms with Gasteiger partial charge in [0.2, 0.25) is 0 Å². The Morgan fingerprint density at radius 1 is 0.556 bits per heavy atom. The van der Waals surface area contributed by atoms with Crippen LogP contribution in [-0.4, -0.2) is 19.0 Å². The topological polar surface area (TPSA) is 0 Å². The van der Waals surface area contributed by atoms with Gasteiger partial charge in [-0.2, -0.15) is 35.0 Å². The van der Waals surface area contributed by atoms with Crippen molar-refractivity contribution < 1.29 is 26.2 Å². The van der Waals surface area contributed by atoms with E-state index in [1.807, 2.05) is 0 Å². The van der Waals surface area contributed by atoms with Crippen LogP contribution in [0, 0.1) is 0 Å². The van der Waals surface area contributed by atoms with Crippen molar-refractivity contribution in [1.29, 1.82) is 0 Å². The molecule has 0 aromatic heterocycles. The first-order valence-electron chi connectivity index (χ1n) is 8.14. The van der Waals surface area contributed by atoms with Crippen LogP contribution < -0.4 is 0 Å². The van der Waals surface area contributed by atoms with Gasteiger partial charge in [0.05, 0.1) is 0 Å². The van der Waals surface area contributed by atoms with Gasteiger partial charge < -0.3 is 0 Å². The molecule has 0 nitrogen and oxygen atoms in total. The maximum Gasteiger partial charge on any atom is 2.00 e. The van der Waals surface area contributed by atoms with E-state index in [1.165, 1.54) is 21.5 Å². The fraction of sp³-hybridized carbons (Fsp3) is 0.182. The van der Waals surface area contributed by atoms with E-state index in [0.29, 0.717) is 0 Å². The minimum atomic E-state index is 0. The van der Waals surface area contributed by atoms with Crippen LogP contribution in [-0.2, 0) is 26.2 Å². The van der Waals surface area contributed by atoms with E-state index in [0.717, 1.165) is 19.0 Å². The van der Waals surface area contributed by atoms with Crippen LogP contribution in [0.5, 0.6) is 0 Å². The minimum Gasteiger partial charge on any atom is -0.168 e. The van der Waals surface area contributed by atoms with Gasteiger partial charge in [-0.25, -0.2) is 0 Å². The van der Waals surface area contributed by atoms with Crippen molar-refractivity contribution in [2.75, 3.05) is 0 Å². The van der Waals surface area contributed by atoms with Crippen LogP contribution in [0.4, 0.5) is 0 Å². The summed E-state index contributed by atoms with van der Waals surface area (Å²) in [6.07, 6.45) is 0. The largest absolute Gasteiger partial charge is 2.00 e. The van der Waals surface area contributed by atoms with Gasteiger partial charge >= 0.3 is 26.2 Å². The first kappa shape index (κ1) is 31.3. The van der Waals surface area contributed by atoms with Crippen molar-refractivity contribution in [2.24, 2.45) is 0 Å². The number of rotatable bonds is 0. The fourth-order valence-electron chi connectivity index (χ4n) is 2.14. The summed E-state index contributed by atoms with van der Waals surface area (Å²) in [7, 11) is 2.17. The smallest absolute Gasteiger partial charge is 0.168 e. The molecule has 5 heteroatoms. The zero-order valence-corrected chi connectivity index (χ0v) is 22.5. The summed E-state index contributed by atoms with van der Waals surface area (Å²) in [4.78, 5) is 0. The van der Waals surface area contributed by atoms with Crippen LogP contribution in [0.2, 0.25) is 26.2 Å². The van der Waals surface area contributed by atoms with Crippen molar-refractivity contribution in [1.82, 2.24) is 0 Å². The Morgan fingerprint density at radius 3 is 1.15 bits per heavy atom. The fourth-order valence-corrected chi connectivity index (χ4v) is 2.14. The Hall–Kier alpha value is -0.443. The molecule has 0 aliphatic rings. The van der Waals surface area contributed by atoms with E-state index < -0.39 is 0 Å². The Kier molecular flexibility index (Phi) is 23.5. The standard InChI is InChI=1S/2C9H7.2C2H6Si.2ClH.Zr/c2*1-2-5-9-7-3-6-8(9)4-1;2*1-3-2;;;/h2*1-7H;2*1-2H3;2*1H;/q2*-1;;;;;+2. The predicted octanol–water partition coefficient (Wildman–Crippen LogP) is 7.53. The van der Waals surface area contributed by atoms with Gasteiger partial charge in [0.1, 0.15) is 0 Å². The van der Waals surface area contributed by atoms with Crippen molar-refractivity contribution >= 4 is 65.4 Å². The summed E-state index contributed by atoms with van der Waals surface area (Å²) in [5.74, 6) is 0. The molecule has 0 bridgehead atoms. The van der Waals surface area contributed by atoms with Gasteiger partial charge in [-0.3, -0.25) is 0 Å². The maximum absolute atomic E-state index is 2.15. The molecule has 0 fully saturated rings. The Bertz CT molecular complexity index is 668. The van der Waals surface area contributed by atoms with Crippen molar-refractivity contribution in [3.8, 4) is 0 Å². The average Bonchev–Trinajstić information content (AvgIpc) is 3.26. The van der Waals surface area contributed by atoms with Crippen LogP contribution in [0.1, 0.15) is 0 Å². The Balaban J connectivity index is -0.000000307. The summed E-state index contributed by atoms with van der Waals surface area (Å²) >= 11 is 0. The third kappa shape index (κ3) is 12.6. The van der Waals surface area contributed by atoms with Gasteiger partial charge in [0.15, 0.2) is 0 Å². The summed E-state index contributed by atoms with van der Waals surface area (Å²) in [5.41, 5.74) is 0. The molecule has 0 heterocycles. The molecule has 0 saturated carbocycles. The van der Waals surface area contributed by atoms with Crippen LogP contribution in [0.3, 0.4) is 0 Å².